The number of amides is 1. The quantitative estimate of drug-likeness (QED) is 0.869. The van der Waals surface area contributed by atoms with Crippen molar-refractivity contribution in [3.05, 3.63) is 40.4 Å². The molecule has 2 aromatic rings. The van der Waals surface area contributed by atoms with Gasteiger partial charge in [0.1, 0.15) is 12.4 Å². The van der Waals surface area contributed by atoms with Crippen LogP contribution in [0.2, 0.25) is 0 Å². The first-order chi connectivity index (χ1) is 7.74. The minimum absolute atomic E-state index is 0.141. The maximum absolute atomic E-state index is 11.6. The number of carbonyl (C=O) groups is 1. The predicted molar refractivity (Wildman–Crippen MR) is 67.8 cm³/mol. The van der Waals surface area contributed by atoms with E-state index in [1.54, 1.807) is 35.4 Å². The summed E-state index contributed by atoms with van der Waals surface area (Å²) in [6, 6.07) is 5.43. The molecule has 82 valence electrons. The average Bonchev–Trinajstić information content (AvgIpc) is 2.74. The van der Waals surface area contributed by atoms with E-state index in [0.29, 0.717) is 5.82 Å². The van der Waals surface area contributed by atoms with Crippen molar-refractivity contribution in [3.63, 3.8) is 0 Å². The molecular formula is C10H9IN4O. The lowest BCUT2D eigenvalue weighted by atomic mass is 10.4. The third-order valence-electron chi connectivity index (χ3n) is 1.86. The van der Waals surface area contributed by atoms with Crippen molar-refractivity contribution in [2.75, 3.05) is 5.32 Å². The topological polar surface area (TPSA) is 59.8 Å². The first-order valence-electron chi connectivity index (χ1n) is 4.63. The van der Waals surface area contributed by atoms with Gasteiger partial charge in [0.15, 0.2) is 0 Å². The fourth-order valence-electron chi connectivity index (χ4n) is 1.17. The summed E-state index contributed by atoms with van der Waals surface area (Å²) in [4.78, 5) is 15.6. The zero-order valence-electron chi connectivity index (χ0n) is 8.30. The monoisotopic (exact) mass is 328 g/mol. The van der Waals surface area contributed by atoms with Crippen LogP contribution in [0.4, 0.5) is 5.82 Å². The van der Waals surface area contributed by atoms with Crippen LogP contribution in [0.25, 0.3) is 0 Å². The zero-order chi connectivity index (χ0) is 11.4. The Balaban J connectivity index is 1.95. The number of rotatable bonds is 3. The van der Waals surface area contributed by atoms with Crippen LogP contribution in [0.1, 0.15) is 0 Å². The van der Waals surface area contributed by atoms with Crippen LogP contribution >= 0.6 is 22.6 Å². The van der Waals surface area contributed by atoms with Crippen molar-refractivity contribution in [2.24, 2.45) is 0 Å². The summed E-state index contributed by atoms with van der Waals surface area (Å²) in [5, 5.41) is 6.64. The SMILES string of the molecule is O=C(Cn1cccn1)Nc1ccc(I)cn1. The summed E-state index contributed by atoms with van der Waals surface area (Å²) >= 11 is 2.16. The number of anilines is 1. The van der Waals surface area contributed by atoms with Gasteiger partial charge in [0.2, 0.25) is 5.91 Å². The highest BCUT2D eigenvalue weighted by atomic mass is 127. The summed E-state index contributed by atoms with van der Waals surface area (Å²) in [5.74, 6) is 0.412. The first-order valence-corrected chi connectivity index (χ1v) is 5.71. The van der Waals surface area contributed by atoms with Crippen molar-refractivity contribution >= 4 is 34.3 Å². The van der Waals surface area contributed by atoms with E-state index in [-0.39, 0.29) is 12.5 Å². The lowest BCUT2D eigenvalue weighted by Crippen LogP contribution is -2.19. The van der Waals surface area contributed by atoms with E-state index >= 15 is 0 Å². The Morgan fingerprint density at radius 2 is 2.38 bits per heavy atom. The Labute approximate surface area is 106 Å². The molecule has 16 heavy (non-hydrogen) atoms. The molecular weight excluding hydrogens is 319 g/mol. The van der Waals surface area contributed by atoms with Crippen LogP contribution in [0.5, 0.6) is 0 Å². The van der Waals surface area contributed by atoms with Crippen LogP contribution in [-0.4, -0.2) is 20.7 Å². The summed E-state index contributed by atoms with van der Waals surface area (Å²) in [5.41, 5.74) is 0. The number of nitrogens with one attached hydrogen (secondary N) is 1. The molecule has 0 saturated carbocycles. The van der Waals surface area contributed by atoms with Crippen LogP contribution in [0.15, 0.2) is 36.8 Å². The van der Waals surface area contributed by atoms with Gasteiger partial charge in [0, 0.05) is 22.2 Å². The van der Waals surface area contributed by atoms with Crippen molar-refractivity contribution in [1.29, 1.82) is 0 Å². The van der Waals surface area contributed by atoms with Crippen LogP contribution in [0, 0.1) is 3.57 Å². The van der Waals surface area contributed by atoms with Crippen molar-refractivity contribution in [2.45, 2.75) is 6.54 Å². The highest BCUT2D eigenvalue weighted by molar-refractivity contribution is 14.1. The van der Waals surface area contributed by atoms with Gasteiger partial charge in [-0.25, -0.2) is 4.98 Å². The zero-order valence-corrected chi connectivity index (χ0v) is 10.5. The number of pyridine rings is 1. The standard InChI is InChI=1S/C10H9IN4O/c11-8-2-3-9(12-6-8)14-10(16)7-15-5-1-4-13-15/h1-6H,7H2,(H,12,14,16). The molecule has 2 rings (SSSR count). The Morgan fingerprint density at radius 3 is 3.00 bits per heavy atom. The van der Waals surface area contributed by atoms with Crippen molar-refractivity contribution < 1.29 is 4.79 Å². The van der Waals surface area contributed by atoms with Crippen LogP contribution in [-0.2, 0) is 11.3 Å². The number of halogens is 1. The molecule has 0 radical (unpaired) electrons. The lowest BCUT2D eigenvalue weighted by Gasteiger charge is -2.04. The molecule has 0 fully saturated rings. The third kappa shape index (κ3) is 3.02. The Bertz CT molecular complexity index is 466. The molecule has 1 N–H and O–H groups in total. The van der Waals surface area contributed by atoms with E-state index < -0.39 is 0 Å². The normalized spacial score (nSPS) is 10.1. The minimum atomic E-state index is -0.141. The average molecular weight is 328 g/mol. The molecule has 0 saturated heterocycles. The number of carbonyl (C=O) groups excluding carboxylic acids is 1. The van der Waals surface area contributed by atoms with E-state index in [1.165, 1.54) is 0 Å². The summed E-state index contributed by atoms with van der Waals surface area (Å²) in [7, 11) is 0. The van der Waals surface area contributed by atoms with E-state index in [4.69, 9.17) is 0 Å². The first kappa shape index (κ1) is 11.1. The van der Waals surface area contributed by atoms with Gasteiger partial charge in [-0.1, -0.05) is 0 Å². The maximum Gasteiger partial charge on any atom is 0.247 e. The van der Waals surface area contributed by atoms with Crippen LogP contribution in [0.3, 0.4) is 0 Å². The van der Waals surface area contributed by atoms with E-state index in [9.17, 15) is 4.79 Å². The highest BCUT2D eigenvalue weighted by Gasteiger charge is 2.03. The molecule has 0 aromatic carbocycles. The summed E-state index contributed by atoms with van der Waals surface area (Å²) in [6.45, 7) is 0.195. The molecule has 0 unspecified atom stereocenters. The second-order valence-corrected chi connectivity index (χ2v) is 4.36. The molecule has 2 aromatic heterocycles. The fourth-order valence-corrected chi connectivity index (χ4v) is 1.49. The molecule has 6 heteroatoms. The van der Waals surface area contributed by atoms with Gasteiger partial charge in [0.05, 0.1) is 0 Å². The number of nitrogens with zero attached hydrogens (tertiary/aromatic N) is 3. The largest absolute Gasteiger partial charge is 0.309 e. The van der Waals surface area contributed by atoms with E-state index in [2.05, 4.69) is 38.0 Å². The summed E-state index contributed by atoms with van der Waals surface area (Å²) < 4.78 is 2.59. The lowest BCUT2D eigenvalue weighted by molar-refractivity contribution is -0.116. The number of hydrogen-bond donors (Lipinski definition) is 1. The molecule has 0 aliphatic carbocycles. The highest BCUT2D eigenvalue weighted by Crippen LogP contribution is 2.06. The van der Waals surface area contributed by atoms with Gasteiger partial charge in [-0.15, -0.1) is 0 Å². The van der Waals surface area contributed by atoms with Gasteiger partial charge >= 0.3 is 0 Å². The second-order valence-electron chi connectivity index (χ2n) is 3.11. The molecule has 1 amide bonds. The number of aromatic nitrogens is 3. The van der Waals surface area contributed by atoms with Gasteiger partial charge < -0.3 is 5.32 Å². The smallest absolute Gasteiger partial charge is 0.247 e. The van der Waals surface area contributed by atoms with Crippen molar-refractivity contribution in [3.8, 4) is 0 Å². The second kappa shape index (κ2) is 5.06. The Hall–Kier alpha value is -1.44. The number of hydrogen-bond acceptors (Lipinski definition) is 3. The Kier molecular flexibility index (Phi) is 3.50. The molecule has 0 atom stereocenters. The van der Waals surface area contributed by atoms with Crippen LogP contribution < -0.4 is 5.32 Å². The van der Waals surface area contributed by atoms with E-state index in [1.807, 2.05) is 6.07 Å². The predicted octanol–water partition coefficient (Wildman–Crippen LogP) is 1.52. The summed E-state index contributed by atoms with van der Waals surface area (Å²) in [6.07, 6.45) is 5.07. The van der Waals surface area contributed by atoms with E-state index in [0.717, 1.165) is 3.57 Å². The fraction of sp³-hybridized carbons (Fsp3) is 0.100. The van der Waals surface area contributed by atoms with Gasteiger partial charge in [-0.3, -0.25) is 9.48 Å². The van der Waals surface area contributed by atoms with Gasteiger partial charge in [0.25, 0.3) is 0 Å². The van der Waals surface area contributed by atoms with Gasteiger partial charge in [-0.05, 0) is 40.8 Å². The molecule has 0 spiro atoms. The molecule has 0 aliphatic heterocycles. The molecule has 0 bridgehead atoms. The van der Waals surface area contributed by atoms with Crippen molar-refractivity contribution in [1.82, 2.24) is 14.8 Å². The Morgan fingerprint density at radius 1 is 1.50 bits per heavy atom. The minimum Gasteiger partial charge on any atom is -0.309 e. The third-order valence-corrected chi connectivity index (χ3v) is 2.50. The van der Waals surface area contributed by atoms with Gasteiger partial charge in [-0.2, -0.15) is 5.10 Å². The molecule has 0 aliphatic rings. The molecule has 5 nitrogen and oxygen atoms in total. The molecule has 2 heterocycles. The maximum atomic E-state index is 11.6.